The van der Waals surface area contributed by atoms with Gasteiger partial charge in [0.25, 0.3) is 5.60 Å². The van der Waals surface area contributed by atoms with E-state index < -0.39 is 35.5 Å². The Labute approximate surface area is 209 Å². The van der Waals surface area contributed by atoms with Gasteiger partial charge in [-0.3, -0.25) is 4.79 Å². The molecule has 0 radical (unpaired) electrons. The summed E-state index contributed by atoms with van der Waals surface area (Å²) >= 11 is 0. The smallest absolute Gasteiger partial charge is 0.377 e. The highest BCUT2D eigenvalue weighted by Gasteiger charge is 2.52. The number of ether oxygens (including phenoxy) is 2. The number of amides is 3. The van der Waals surface area contributed by atoms with E-state index in [0.717, 1.165) is 16.1 Å². The first-order chi connectivity index (χ1) is 17.3. The molecule has 0 saturated carbocycles. The molecule has 0 spiro atoms. The lowest BCUT2D eigenvalue weighted by Gasteiger charge is -2.43. The number of fused-ring (bicyclic) bond motifs is 1. The van der Waals surface area contributed by atoms with Crippen LogP contribution in [0.25, 0.3) is 0 Å². The van der Waals surface area contributed by atoms with Crippen molar-refractivity contribution < 1.29 is 33.5 Å². The Hall–Kier alpha value is -3.92. The van der Waals surface area contributed by atoms with E-state index in [1.165, 1.54) is 11.8 Å². The molecule has 0 aromatic heterocycles. The molecule has 190 valence electrons. The second-order valence-corrected chi connectivity index (χ2v) is 8.70. The molecule has 2 aromatic rings. The third kappa shape index (κ3) is 5.03. The number of carbonyl (C=O) groups excluding carboxylic acids is 4. The van der Waals surface area contributed by atoms with Crippen molar-refractivity contribution in [2.45, 2.75) is 51.5 Å². The summed E-state index contributed by atoms with van der Waals surface area (Å²) in [7, 11) is 0. The van der Waals surface area contributed by atoms with Crippen LogP contribution in [0.1, 0.15) is 37.8 Å². The molecule has 10 heteroatoms. The number of urea groups is 1. The molecule has 4 rings (SSSR count). The SMILES string of the molecule is CCOC(=O)[C@](C)(OCc1ccccc1)C(=O)ON1C(=O)[C@@H]2CCCN2C(=O)N1Cc1ccccc1. The quantitative estimate of drug-likeness (QED) is 0.389. The average molecular weight is 496 g/mol. The van der Waals surface area contributed by atoms with Crippen molar-refractivity contribution in [1.29, 1.82) is 0 Å². The summed E-state index contributed by atoms with van der Waals surface area (Å²) in [4.78, 5) is 59.8. The Balaban J connectivity index is 1.60. The maximum atomic E-state index is 13.4. The fraction of sp³-hybridized carbons (Fsp3) is 0.385. The van der Waals surface area contributed by atoms with Crippen LogP contribution in [-0.4, -0.2) is 63.8 Å². The molecular weight excluding hydrogens is 466 g/mol. The van der Waals surface area contributed by atoms with Gasteiger partial charge in [0, 0.05) is 6.54 Å². The number of nitrogens with zero attached hydrogens (tertiary/aromatic N) is 3. The van der Waals surface area contributed by atoms with Crippen LogP contribution >= 0.6 is 0 Å². The summed E-state index contributed by atoms with van der Waals surface area (Å²) in [6, 6.07) is 16.8. The lowest BCUT2D eigenvalue weighted by Crippen LogP contribution is -2.66. The Morgan fingerprint density at radius 1 is 0.972 bits per heavy atom. The number of benzene rings is 2. The van der Waals surface area contributed by atoms with Crippen molar-refractivity contribution in [3.05, 3.63) is 71.8 Å². The third-order valence-corrected chi connectivity index (χ3v) is 6.18. The highest BCUT2D eigenvalue weighted by Crippen LogP contribution is 2.29. The van der Waals surface area contributed by atoms with Crippen molar-refractivity contribution in [1.82, 2.24) is 15.1 Å². The van der Waals surface area contributed by atoms with E-state index in [1.807, 2.05) is 12.1 Å². The van der Waals surface area contributed by atoms with Gasteiger partial charge in [0.15, 0.2) is 0 Å². The van der Waals surface area contributed by atoms with E-state index in [1.54, 1.807) is 55.5 Å². The molecule has 2 atom stereocenters. The minimum absolute atomic E-state index is 0.00863. The summed E-state index contributed by atoms with van der Waals surface area (Å²) in [5.41, 5.74) is -0.733. The topological polar surface area (TPSA) is 106 Å². The van der Waals surface area contributed by atoms with Gasteiger partial charge in [-0.2, -0.15) is 5.01 Å². The normalized spacial score (nSPS) is 19.1. The fourth-order valence-corrected chi connectivity index (χ4v) is 4.14. The van der Waals surface area contributed by atoms with E-state index >= 15 is 0 Å². The highest BCUT2D eigenvalue weighted by atomic mass is 16.8. The van der Waals surface area contributed by atoms with Crippen LogP contribution in [0.4, 0.5) is 4.79 Å². The maximum Gasteiger partial charge on any atom is 0.377 e. The minimum atomic E-state index is -2.18. The number of esters is 1. The van der Waals surface area contributed by atoms with Crippen molar-refractivity contribution >= 4 is 23.9 Å². The van der Waals surface area contributed by atoms with Crippen LogP contribution in [0.3, 0.4) is 0 Å². The van der Waals surface area contributed by atoms with Gasteiger partial charge in [-0.25, -0.2) is 14.4 Å². The van der Waals surface area contributed by atoms with Gasteiger partial charge in [0.1, 0.15) is 6.04 Å². The highest BCUT2D eigenvalue weighted by molar-refractivity contribution is 6.03. The number of hydrazine groups is 1. The molecule has 0 aliphatic carbocycles. The van der Waals surface area contributed by atoms with Gasteiger partial charge >= 0.3 is 23.9 Å². The molecule has 0 N–H and O–H groups in total. The molecule has 2 aromatic carbocycles. The molecule has 2 heterocycles. The molecule has 2 fully saturated rings. The van der Waals surface area contributed by atoms with Crippen molar-refractivity contribution in [3.63, 3.8) is 0 Å². The predicted molar refractivity (Wildman–Crippen MR) is 126 cm³/mol. The largest absolute Gasteiger partial charge is 0.463 e. The number of hydrogen-bond donors (Lipinski definition) is 0. The predicted octanol–water partition coefficient (Wildman–Crippen LogP) is 2.83. The maximum absolute atomic E-state index is 13.4. The molecule has 2 aliphatic heterocycles. The van der Waals surface area contributed by atoms with E-state index in [4.69, 9.17) is 14.3 Å². The van der Waals surface area contributed by atoms with Gasteiger partial charge in [-0.05, 0) is 37.8 Å². The number of hydroxylamine groups is 1. The van der Waals surface area contributed by atoms with E-state index in [0.29, 0.717) is 24.6 Å². The molecule has 2 saturated heterocycles. The van der Waals surface area contributed by atoms with Gasteiger partial charge in [0.2, 0.25) is 0 Å². The van der Waals surface area contributed by atoms with Crippen LogP contribution in [0.15, 0.2) is 60.7 Å². The molecular formula is C26H29N3O7. The molecule has 10 nitrogen and oxygen atoms in total. The first kappa shape index (κ1) is 25.2. The van der Waals surface area contributed by atoms with Crippen molar-refractivity contribution in [3.8, 4) is 0 Å². The van der Waals surface area contributed by atoms with Gasteiger partial charge in [-0.1, -0.05) is 65.8 Å². The van der Waals surface area contributed by atoms with Crippen LogP contribution in [0.2, 0.25) is 0 Å². The molecule has 2 aliphatic rings. The fourth-order valence-electron chi connectivity index (χ4n) is 4.14. The zero-order chi connectivity index (χ0) is 25.7. The molecule has 36 heavy (non-hydrogen) atoms. The van der Waals surface area contributed by atoms with Gasteiger partial charge in [0.05, 0.1) is 19.8 Å². The minimum Gasteiger partial charge on any atom is -0.463 e. The number of carbonyl (C=O) groups is 4. The average Bonchev–Trinajstić information content (AvgIpc) is 3.39. The number of rotatable bonds is 9. The third-order valence-electron chi connectivity index (χ3n) is 6.18. The van der Waals surface area contributed by atoms with Crippen molar-refractivity contribution in [2.75, 3.05) is 13.2 Å². The first-order valence-electron chi connectivity index (χ1n) is 11.9. The molecule has 0 unspecified atom stereocenters. The van der Waals surface area contributed by atoms with Crippen LogP contribution < -0.4 is 0 Å². The molecule has 0 bridgehead atoms. The van der Waals surface area contributed by atoms with Gasteiger partial charge < -0.3 is 19.2 Å². The van der Waals surface area contributed by atoms with Crippen molar-refractivity contribution in [2.24, 2.45) is 0 Å². The van der Waals surface area contributed by atoms with E-state index in [9.17, 15) is 19.2 Å². The first-order valence-corrected chi connectivity index (χ1v) is 11.9. The zero-order valence-corrected chi connectivity index (χ0v) is 20.3. The summed E-state index contributed by atoms with van der Waals surface area (Å²) in [5.74, 6) is -2.69. The van der Waals surface area contributed by atoms with Gasteiger partial charge in [-0.15, -0.1) is 0 Å². The lowest BCUT2D eigenvalue weighted by atomic mass is 10.1. The zero-order valence-electron chi connectivity index (χ0n) is 20.3. The standard InChI is InChI=1S/C26H29N3O7/c1-3-34-23(31)26(2,35-18-20-13-8-5-9-14-20)24(32)36-29-22(30)21-15-10-16-27(21)25(33)28(29)17-19-11-6-4-7-12-19/h4-9,11-14,21H,3,10,15-18H2,1-2H3/t21-,26-/m0/s1. The summed E-state index contributed by atoms with van der Waals surface area (Å²) < 4.78 is 10.8. The summed E-state index contributed by atoms with van der Waals surface area (Å²) in [5, 5.41) is 1.74. The lowest BCUT2D eigenvalue weighted by molar-refractivity contribution is -0.269. The van der Waals surface area contributed by atoms with Crippen LogP contribution in [-0.2, 0) is 41.8 Å². The summed E-state index contributed by atoms with van der Waals surface area (Å²) in [6.45, 7) is 3.18. The Kier molecular flexibility index (Phi) is 7.54. The molecule has 3 amide bonds. The number of hydrogen-bond acceptors (Lipinski definition) is 7. The summed E-state index contributed by atoms with van der Waals surface area (Å²) in [6.07, 6.45) is 1.11. The van der Waals surface area contributed by atoms with Crippen LogP contribution in [0.5, 0.6) is 0 Å². The Morgan fingerprint density at radius 2 is 1.61 bits per heavy atom. The van der Waals surface area contributed by atoms with Crippen LogP contribution in [0, 0.1) is 0 Å². The van der Waals surface area contributed by atoms with E-state index in [2.05, 4.69) is 0 Å². The monoisotopic (exact) mass is 495 g/mol. The second kappa shape index (κ2) is 10.8. The van der Waals surface area contributed by atoms with E-state index in [-0.39, 0.29) is 19.8 Å². The Bertz CT molecular complexity index is 1110. The Morgan fingerprint density at radius 3 is 2.25 bits per heavy atom. The second-order valence-electron chi connectivity index (χ2n) is 8.70.